The first-order chi connectivity index (χ1) is 4.47. The van der Waals surface area contributed by atoms with Gasteiger partial charge in [-0.25, -0.2) is 0 Å². The Balaban J connectivity index is 2.30. The maximum Gasteiger partial charge on any atom is -0.0162 e. The van der Waals surface area contributed by atoms with Crippen LogP contribution < -0.4 is 5.30 Å². The highest BCUT2D eigenvalue weighted by Crippen LogP contribution is 2.50. The van der Waals surface area contributed by atoms with Crippen molar-refractivity contribution in [3.8, 4) is 0 Å². The average Bonchev–Trinajstić information content (AvgIpc) is 2.71. The third-order valence-electron chi connectivity index (χ3n) is 1.35. The van der Waals surface area contributed by atoms with Gasteiger partial charge < -0.3 is 0 Å². The molecule has 1 aliphatic heterocycles. The molecule has 0 atom stereocenters. The summed E-state index contributed by atoms with van der Waals surface area (Å²) in [5, 5.41) is 1.48. The summed E-state index contributed by atoms with van der Waals surface area (Å²) in [6, 6.07) is 10.6. The lowest BCUT2D eigenvalue weighted by Gasteiger charge is -1.93. The molecular weight excluding hydrogens is 127 g/mol. The van der Waals surface area contributed by atoms with E-state index in [9.17, 15) is 0 Å². The number of hydrogen-bond acceptors (Lipinski definition) is 0. The molecule has 0 nitrogen and oxygen atoms in total. The molecule has 1 heterocycles. The van der Waals surface area contributed by atoms with Crippen LogP contribution in [0, 0.1) is 0 Å². The van der Waals surface area contributed by atoms with Crippen LogP contribution in [0.25, 0.3) is 0 Å². The zero-order valence-electron chi connectivity index (χ0n) is 4.99. The van der Waals surface area contributed by atoms with E-state index in [2.05, 4.69) is 42.0 Å². The normalized spacial score (nSPS) is 16.0. The molecule has 2 rings (SSSR count). The summed E-state index contributed by atoms with van der Waals surface area (Å²) in [6.07, 6.45) is 0. The molecule has 0 fully saturated rings. The molecule has 44 valence electrons. The fraction of sp³-hybridized carbons (Fsp3) is 0. The smallest absolute Gasteiger partial charge is 0.0162 e. The van der Waals surface area contributed by atoms with E-state index in [4.69, 9.17) is 0 Å². The van der Waals surface area contributed by atoms with Gasteiger partial charge in [0.1, 0.15) is 0 Å². The average molecular weight is 134 g/mol. The second-order valence-electron chi connectivity index (χ2n) is 2.04. The highest BCUT2D eigenvalue weighted by molar-refractivity contribution is 7.78. The van der Waals surface area contributed by atoms with Crippen LogP contribution in [0.1, 0.15) is 0 Å². The molecule has 0 aromatic heterocycles. The molecule has 0 saturated heterocycles. The fourth-order valence-electron chi connectivity index (χ4n) is 0.806. The van der Waals surface area contributed by atoms with Crippen molar-refractivity contribution >= 4 is 13.2 Å². The van der Waals surface area contributed by atoms with E-state index < -0.39 is 0 Å². The third-order valence-corrected chi connectivity index (χ3v) is 2.84. The molecule has 0 N–H and O–H groups in total. The van der Waals surface area contributed by atoms with Gasteiger partial charge in [-0.3, -0.25) is 0 Å². The third kappa shape index (κ3) is 1.04. The van der Waals surface area contributed by atoms with Gasteiger partial charge in [-0.05, 0) is 13.2 Å². The van der Waals surface area contributed by atoms with Crippen molar-refractivity contribution in [3.05, 3.63) is 42.0 Å². The lowest BCUT2D eigenvalue weighted by Crippen LogP contribution is -1.89. The van der Waals surface area contributed by atoms with Gasteiger partial charge in [-0.15, -0.1) is 0 Å². The Labute approximate surface area is 56.0 Å². The molecule has 0 unspecified atom stereocenters. The zero-order chi connectivity index (χ0) is 6.10. The van der Waals surface area contributed by atoms with Gasteiger partial charge >= 0.3 is 0 Å². The van der Waals surface area contributed by atoms with Crippen LogP contribution in [0.3, 0.4) is 0 Å². The molecule has 0 aliphatic carbocycles. The molecular formula is C8H7P. The summed E-state index contributed by atoms with van der Waals surface area (Å²) in [7, 11) is 0.104. The Morgan fingerprint density at radius 2 is 1.56 bits per heavy atom. The quantitative estimate of drug-likeness (QED) is 0.517. The summed E-state index contributed by atoms with van der Waals surface area (Å²) in [5.41, 5.74) is 0. The van der Waals surface area contributed by atoms with Crippen molar-refractivity contribution in [3.63, 3.8) is 0 Å². The van der Waals surface area contributed by atoms with Crippen molar-refractivity contribution in [1.82, 2.24) is 0 Å². The van der Waals surface area contributed by atoms with Crippen molar-refractivity contribution in [1.29, 1.82) is 0 Å². The molecule has 0 spiro atoms. The Hall–Kier alpha value is -0.610. The number of benzene rings is 1. The standard InChI is InChI=1S/C8H7P/c1-2-4-8(5-3-1)9-6-7-9/h1-7H. The minimum absolute atomic E-state index is 0.104. The molecule has 1 aliphatic rings. The molecule has 0 amide bonds. The molecule has 1 heteroatoms. The van der Waals surface area contributed by atoms with Gasteiger partial charge in [0, 0.05) is 0 Å². The van der Waals surface area contributed by atoms with Crippen LogP contribution in [0.4, 0.5) is 0 Å². The van der Waals surface area contributed by atoms with Crippen LogP contribution in [-0.2, 0) is 0 Å². The minimum Gasteiger partial charge on any atom is -0.0622 e. The first-order valence-corrected chi connectivity index (χ1v) is 4.46. The van der Waals surface area contributed by atoms with Crippen molar-refractivity contribution in [2.24, 2.45) is 0 Å². The summed E-state index contributed by atoms with van der Waals surface area (Å²) in [5.74, 6) is 4.54. The first-order valence-electron chi connectivity index (χ1n) is 2.98. The number of hydrogen-bond donors (Lipinski definition) is 0. The van der Waals surface area contributed by atoms with Gasteiger partial charge in [0.15, 0.2) is 0 Å². The molecule has 1 aromatic rings. The van der Waals surface area contributed by atoms with Crippen molar-refractivity contribution in [2.45, 2.75) is 0 Å². The van der Waals surface area contributed by atoms with E-state index >= 15 is 0 Å². The molecule has 0 saturated carbocycles. The predicted octanol–water partition coefficient (Wildman–Crippen LogP) is 2.28. The largest absolute Gasteiger partial charge is 0.0622 e. The summed E-state index contributed by atoms with van der Waals surface area (Å²) in [4.78, 5) is 0. The maximum absolute atomic E-state index is 2.27. The van der Waals surface area contributed by atoms with Crippen molar-refractivity contribution < 1.29 is 0 Å². The SMILES string of the molecule is C1=CP1c1ccccc1. The van der Waals surface area contributed by atoms with Gasteiger partial charge in [0.25, 0.3) is 0 Å². The highest BCUT2D eigenvalue weighted by Gasteiger charge is 2.10. The Morgan fingerprint density at radius 1 is 0.889 bits per heavy atom. The van der Waals surface area contributed by atoms with Crippen molar-refractivity contribution in [2.75, 3.05) is 0 Å². The zero-order valence-corrected chi connectivity index (χ0v) is 5.88. The van der Waals surface area contributed by atoms with E-state index in [0.29, 0.717) is 0 Å². The topological polar surface area (TPSA) is 0 Å². The van der Waals surface area contributed by atoms with E-state index in [-0.39, 0.29) is 7.92 Å². The van der Waals surface area contributed by atoms with Crippen LogP contribution in [0.5, 0.6) is 0 Å². The maximum atomic E-state index is 2.27. The van der Waals surface area contributed by atoms with Gasteiger partial charge in [0.05, 0.1) is 0 Å². The van der Waals surface area contributed by atoms with Gasteiger partial charge in [0.2, 0.25) is 0 Å². The number of rotatable bonds is 1. The van der Waals surface area contributed by atoms with Gasteiger partial charge in [-0.1, -0.05) is 42.0 Å². The van der Waals surface area contributed by atoms with E-state index in [0.717, 1.165) is 0 Å². The van der Waals surface area contributed by atoms with Gasteiger partial charge in [-0.2, -0.15) is 0 Å². The predicted molar refractivity (Wildman–Crippen MR) is 42.1 cm³/mol. The van der Waals surface area contributed by atoms with Crippen LogP contribution in [0.15, 0.2) is 42.0 Å². The molecule has 0 bridgehead atoms. The second-order valence-corrected chi connectivity index (χ2v) is 3.97. The summed E-state index contributed by atoms with van der Waals surface area (Å²) < 4.78 is 0. The highest BCUT2D eigenvalue weighted by atomic mass is 31.1. The molecule has 0 radical (unpaired) electrons. The Kier molecular flexibility index (Phi) is 1.13. The van der Waals surface area contributed by atoms with Crippen LogP contribution >= 0.6 is 7.92 Å². The summed E-state index contributed by atoms with van der Waals surface area (Å²) >= 11 is 0. The molecule has 9 heavy (non-hydrogen) atoms. The Bertz CT molecular complexity index is 220. The first kappa shape index (κ1) is 5.20. The monoisotopic (exact) mass is 134 g/mol. The van der Waals surface area contributed by atoms with E-state index in [1.807, 2.05) is 0 Å². The van der Waals surface area contributed by atoms with Crippen LogP contribution in [-0.4, -0.2) is 0 Å². The fourth-order valence-corrected chi connectivity index (χ4v) is 1.93. The summed E-state index contributed by atoms with van der Waals surface area (Å²) in [6.45, 7) is 0. The second kappa shape index (κ2) is 1.97. The molecule has 1 aromatic carbocycles. The Morgan fingerprint density at radius 3 is 2.11 bits per heavy atom. The van der Waals surface area contributed by atoms with E-state index in [1.165, 1.54) is 5.30 Å². The van der Waals surface area contributed by atoms with E-state index in [1.54, 1.807) is 0 Å². The van der Waals surface area contributed by atoms with Crippen LogP contribution in [0.2, 0.25) is 0 Å². The minimum atomic E-state index is 0.104. The lowest BCUT2D eigenvalue weighted by molar-refractivity contribution is 1.78. The lowest BCUT2D eigenvalue weighted by atomic mass is 10.4.